The number of nitrogens with zero attached hydrogens (tertiary/aromatic N) is 3. The lowest BCUT2D eigenvalue weighted by atomic mass is 9.68. The summed E-state index contributed by atoms with van der Waals surface area (Å²) in [4.78, 5) is 17.3. The zero-order valence-electron chi connectivity index (χ0n) is 19.6. The van der Waals surface area contributed by atoms with Gasteiger partial charge in [-0.15, -0.1) is 0 Å². The van der Waals surface area contributed by atoms with Gasteiger partial charge in [0.1, 0.15) is 5.75 Å². The Morgan fingerprint density at radius 2 is 1.97 bits per heavy atom. The minimum atomic E-state index is -0.155. The molecule has 6 rings (SSSR count). The number of aromatic nitrogens is 1. The highest BCUT2D eigenvalue weighted by atomic mass is 35.5. The second kappa shape index (κ2) is 8.01. The number of amides is 1. The number of hydrogen-bond acceptors (Lipinski definition) is 4. The molecule has 1 saturated carbocycles. The van der Waals surface area contributed by atoms with Gasteiger partial charge in [0.2, 0.25) is 5.91 Å². The highest BCUT2D eigenvalue weighted by molar-refractivity contribution is 6.30. The molecule has 7 heteroatoms. The fraction of sp³-hybridized carbons (Fsp3) is 0.444. The van der Waals surface area contributed by atoms with Gasteiger partial charge in [0.15, 0.2) is 0 Å². The summed E-state index contributed by atoms with van der Waals surface area (Å²) in [5, 5.41) is 12.5. The van der Waals surface area contributed by atoms with Crippen molar-refractivity contribution in [1.29, 1.82) is 0 Å². The average Bonchev–Trinajstić information content (AvgIpc) is 3.62. The van der Waals surface area contributed by atoms with Crippen molar-refractivity contribution in [2.45, 2.75) is 30.8 Å². The van der Waals surface area contributed by atoms with E-state index < -0.39 is 0 Å². The van der Waals surface area contributed by atoms with Crippen molar-refractivity contribution in [3.05, 3.63) is 64.3 Å². The molecule has 178 valence electrons. The van der Waals surface area contributed by atoms with E-state index in [1.807, 2.05) is 29.2 Å². The largest absolute Gasteiger partial charge is 0.497 e. The second-order valence-electron chi connectivity index (χ2n) is 10.2. The first-order valence-electron chi connectivity index (χ1n) is 12.0. The van der Waals surface area contributed by atoms with Crippen LogP contribution in [0.2, 0.25) is 5.02 Å². The molecule has 3 aromatic rings. The minimum Gasteiger partial charge on any atom is -0.497 e. The summed E-state index contributed by atoms with van der Waals surface area (Å²) < 4.78 is 7.72. The molecule has 1 aromatic heterocycles. The third-order valence-electron chi connectivity index (χ3n) is 7.92. The Morgan fingerprint density at radius 1 is 1.18 bits per heavy atom. The predicted octanol–water partition coefficient (Wildman–Crippen LogP) is 3.88. The lowest BCUT2D eigenvalue weighted by molar-refractivity contribution is -0.142. The number of benzene rings is 2. The molecule has 34 heavy (non-hydrogen) atoms. The Bertz CT molecular complexity index is 1280. The standard InChI is InChI=1S/C27H30ClN3O3/c1-29-22-11-20(34-2)8-9-21(22)24-25(29)23(13-32)30(12-17-4-3-5-19(28)10-17)14-27(24)15-31(16-27)26(33)18-6-7-18/h3-5,8-11,18,23,32H,6-7,12-16H2,1-2H3/t23-/m1/s1. The smallest absolute Gasteiger partial charge is 0.225 e. The molecule has 1 aliphatic carbocycles. The first-order valence-corrected chi connectivity index (χ1v) is 12.4. The van der Waals surface area contributed by atoms with Crippen LogP contribution in [0.1, 0.15) is 35.7 Å². The number of rotatable bonds is 5. The summed E-state index contributed by atoms with van der Waals surface area (Å²) in [5.74, 6) is 1.35. The van der Waals surface area contributed by atoms with Gasteiger partial charge >= 0.3 is 0 Å². The molecule has 0 unspecified atom stereocenters. The molecule has 1 saturated heterocycles. The van der Waals surface area contributed by atoms with Crippen LogP contribution < -0.4 is 4.74 Å². The van der Waals surface area contributed by atoms with Gasteiger partial charge in [-0.3, -0.25) is 9.69 Å². The number of ether oxygens (including phenoxy) is 1. The molecule has 6 nitrogen and oxygen atoms in total. The van der Waals surface area contributed by atoms with E-state index in [4.69, 9.17) is 16.3 Å². The van der Waals surface area contributed by atoms with Crippen LogP contribution in [0.5, 0.6) is 5.75 Å². The zero-order chi connectivity index (χ0) is 23.6. The topological polar surface area (TPSA) is 57.9 Å². The monoisotopic (exact) mass is 479 g/mol. The third-order valence-corrected chi connectivity index (χ3v) is 8.15. The Balaban J connectivity index is 1.46. The summed E-state index contributed by atoms with van der Waals surface area (Å²) in [6.07, 6.45) is 2.05. The molecule has 3 aliphatic rings. The van der Waals surface area contributed by atoms with Crippen LogP contribution in [0.25, 0.3) is 10.9 Å². The van der Waals surface area contributed by atoms with Gasteiger partial charge in [-0.1, -0.05) is 23.7 Å². The number of methoxy groups -OCH3 is 1. The van der Waals surface area contributed by atoms with Gasteiger partial charge in [0.05, 0.1) is 25.3 Å². The molecule has 1 spiro atoms. The van der Waals surface area contributed by atoms with E-state index in [2.05, 4.69) is 34.7 Å². The quantitative estimate of drug-likeness (QED) is 0.603. The molecule has 0 radical (unpaired) electrons. The number of hydrogen-bond donors (Lipinski definition) is 1. The lowest BCUT2D eigenvalue weighted by Gasteiger charge is -2.56. The molecule has 2 aromatic carbocycles. The van der Waals surface area contributed by atoms with Crippen molar-refractivity contribution in [2.75, 3.05) is 33.4 Å². The maximum absolute atomic E-state index is 12.8. The van der Waals surface area contributed by atoms with E-state index in [1.165, 1.54) is 10.9 Å². The summed E-state index contributed by atoms with van der Waals surface area (Å²) in [7, 11) is 3.76. The van der Waals surface area contributed by atoms with Crippen LogP contribution in [0, 0.1) is 5.92 Å². The first-order chi connectivity index (χ1) is 16.4. The van der Waals surface area contributed by atoms with E-state index in [9.17, 15) is 9.90 Å². The van der Waals surface area contributed by atoms with Gasteiger partial charge < -0.3 is 19.3 Å². The Hall–Kier alpha value is -2.54. The molecular formula is C27H30ClN3O3. The summed E-state index contributed by atoms with van der Waals surface area (Å²) in [6.45, 7) is 2.96. The van der Waals surface area contributed by atoms with Gasteiger partial charge in [-0.25, -0.2) is 0 Å². The number of likely N-dealkylation sites (tertiary alicyclic amines) is 1. The first kappa shape index (κ1) is 22.0. The Labute approximate surface area is 204 Å². The van der Waals surface area contributed by atoms with Crippen LogP contribution >= 0.6 is 11.6 Å². The third kappa shape index (κ3) is 3.35. The van der Waals surface area contributed by atoms with Gasteiger partial charge in [-0.05, 0) is 48.2 Å². The summed E-state index contributed by atoms with van der Waals surface area (Å²) in [5.41, 5.74) is 4.48. The van der Waals surface area contributed by atoms with Crippen LogP contribution in [0.4, 0.5) is 0 Å². The number of halogens is 1. The van der Waals surface area contributed by atoms with Crippen LogP contribution in [-0.2, 0) is 23.8 Å². The van der Waals surface area contributed by atoms with Crippen LogP contribution in [-0.4, -0.2) is 58.7 Å². The van der Waals surface area contributed by atoms with Gasteiger partial charge in [0, 0.05) is 66.7 Å². The van der Waals surface area contributed by atoms with E-state index in [0.29, 0.717) is 17.5 Å². The molecule has 1 atom stereocenters. The van der Waals surface area contributed by atoms with Gasteiger partial charge in [0.25, 0.3) is 0 Å². The predicted molar refractivity (Wildman–Crippen MR) is 132 cm³/mol. The number of aliphatic hydroxyl groups excluding tert-OH is 1. The SMILES string of the molecule is COc1ccc2c3c(n(C)c2c1)[C@@H](CO)N(Cc1cccc(Cl)c1)CC31CN(C(=O)C2CC2)C1. The number of aryl methyl sites for hydroxylation is 1. The van der Waals surface area contributed by atoms with Crippen molar-refractivity contribution >= 4 is 28.4 Å². The van der Waals surface area contributed by atoms with Crippen molar-refractivity contribution in [3.63, 3.8) is 0 Å². The highest BCUT2D eigenvalue weighted by Gasteiger charge is 2.55. The van der Waals surface area contributed by atoms with Crippen LogP contribution in [0.3, 0.4) is 0 Å². The molecule has 3 heterocycles. The molecule has 2 fully saturated rings. The van der Waals surface area contributed by atoms with Crippen molar-refractivity contribution in [1.82, 2.24) is 14.4 Å². The zero-order valence-corrected chi connectivity index (χ0v) is 20.4. The summed E-state index contributed by atoms with van der Waals surface area (Å²) >= 11 is 6.28. The number of carbonyl (C=O) groups is 1. The maximum Gasteiger partial charge on any atom is 0.225 e. The Morgan fingerprint density at radius 3 is 2.65 bits per heavy atom. The van der Waals surface area contributed by atoms with E-state index in [1.54, 1.807) is 7.11 Å². The molecular weight excluding hydrogens is 450 g/mol. The van der Waals surface area contributed by atoms with E-state index >= 15 is 0 Å². The summed E-state index contributed by atoms with van der Waals surface area (Å²) in [6, 6.07) is 14.0. The molecule has 1 amide bonds. The van der Waals surface area contributed by atoms with Gasteiger partial charge in [-0.2, -0.15) is 0 Å². The maximum atomic E-state index is 12.8. The number of carbonyl (C=O) groups excluding carboxylic acids is 1. The number of aliphatic hydroxyl groups is 1. The normalized spacial score (nSPS) is 21.5. The minimum absolute atomic E-state index is 0.0235. The molecule has 1 N–H and O–H groups in total. The number of fused-ring (bicyclic) bond motifs is 4. The van der Waals surface area contributed by atoms with Crippen molar-refractivity contribution in [2.24, 2.45) is 13.0 Å². The van der Waals surface area contributed by atoms with Crippen molar-refractivity contribution < 1.29 is 14.6 Å². The van der Waals surface area contributed by atoms with Crippen molar-refractivity contribution in [3.8, 4) is 5.75 Å². The second-order valence-corrected chi connectivity index (χ2v) is 10.6. The molecule has 0 bridgehead atoms. The van der Waals surface area contributed by atoms with E-state index in [-0.39, 0.29) is 24.0 Å². The van der Waals surface area contributed by atoms with E-state index in [0.717, 1.165) is 55.0 Å². The fourth-order valence-electron chi connectivity index (χ4n) is 6.19. The molecule has 2 aliphatic heterocycles. The highest BCUT2D eigenvalue weighted by Crippen LogP contribution is 2.50. The average molecular weight is 480 g/mol. The van der Waals surface area contributed by atoms with Crippen LogP contribution in [0.15, 0.2) is 42.5 Å². The Kier molecular flexibility index (Phi) is 5.17. The fourth-order valence-corrected chi connectivity index (χ4v) is 6.40. The lowest BCUT2D eigenvalue weighted by Crippen LogP contribution is -2.67.